The molecule has 0 bridgehead atoms. The first-order valence-electron chi connectivity index (χ1n) is 7.40. The zero-order chi connectivity index (χ0) is 18.7. The number of allylic oxidation sites excluding steroid dienone is 1. The van der Waals surface area contributed by atoms with E-state index >= 15 is 0 Å². The van der Waals surface area contributed by atoms with Crippen molar-refractivity contribution in [2.45, 2.75) is 0 Å². The van der Waals surface area contributed by atoms with Crippen LogP contribution >= 0.6 is 22.6 Å². The van der Waals surface area contributed by atoms with Gasteiger partial charge in [-0.05, 0) is 70.6 Å². The summed E-state index contributed by atoms with van der Waals surface area (Å²) in [5.74, 6) is -0.103. The van der Waals surface area contributed by atoms with E-state index in [0.29, 0.717) is 11.3 Å². The van der Waals surface area contributed by atoms with Gasteiger partial charge >= 0.3 is 0 Å². The third-order valence-corrected chi connectivity index (χ3v) is 4.33. The molecule has 0 N–H and O–H groups in total. The van der Waals surface area contributed by atoms with Gasteiger partial charge in [0.1, 0.15) is 17.3 Å². The first kappa shape index (κ1) is 17.8. The SMILES string of the molecule is N#C/C(=C/c1ccc(-c2ccc(F)cc2[N+](=O)[O-])o1)c1ccc(I)cc1. The molecule has 0 radical (unpaired) electrons. The predicted octanol–water partition coefficient (Wildman–Crippen LogP) is 5.66. The summed E-state index contributed by atoms with van der Waals surface area (Å²) < 4.78 is 20.0. The first-order chi connectivity index (χ1) is 12.5. The maximum absolute atomic E-state index is 13.3. The van der Waals surface area contributed by atoms with E-state index in [4.69, 9.17) is 4.42 Å². The van der Waals surface area contributed by atoms with E-state index < -0.39 is 10.7 Å². The molecule has 0 amide bonds. The van der Waals surface area contributed by atoms with Gasteiger partial charge in [0.15, 0.2) is 0 Å². The molecule has 0 aliphatic carbocycles. The van der Waals surface area contributed by atoms with Gasteiger partial charge in [-0.1, -0.05) is 12.1 Å². The van der Waals surface area contributed by atoms with Crippen molar-refractivity contribution in [1.29, 1.82) is 5.26 Å². The summed E-state index contributed by atoms with van der Waals surface area (Å²) in [5, 5.41) is 20.5. The minimum absolute atomic E-state index is 0.170. The van der Waals surface area contributed by atoms with E-state index in [1.54, 1.807) is 18.2 Å². The number of nitro benzene ring substituents is 1. The highest BCUT2D eigenvalue weighted by molar-refractivity contribution is 14.1. The molecular formula is C19H10FIN2O3. The van der Waals surface area contributed by atoms with Crippen molar-refractivity contribution in [2.75, 3.05) is 0 Å². The van der Waals surface area contributed by atoms with Crippen molar-refractivity contribution >= 4 is 39.9 Å². The molecule has 26 heavy (non-hydrogen) atoms. The van der Waals surface area contributed by atoms with Gasteiger partial charge in [-0.3, -0.25) is 10.1 Å². The van der Waals surface area contributed by atoms with Crippen LogP contribution in [0.25, 0.3) is 23.0 Å². The van der Waals surface area contributed by atoms with Gasteiger partial charge in [0, 0.05) is 3.57 Å². The van der Waals surface area contributed by atoms with Crippen molar-refractivity contribution in [3.8, 4) is 17.4 Å². The van der Waals surface area contributed by atoms with E-state index in [1.165, 1.54) is 6.07 Å². The zero-order valence-electron chi connectivity index (χ0n) is 13.1. The predicted molar refractivity (Wildman–Crippen MR) is 103 cm³/mol. The number of nitrogens with zero attached hydrogens (tertiary/aromatic N) is 2. The highest BCUT2D eigenvalue weighted by Gasteiger charge is 2.19. The van der Waals surface area contributed by atoms with E-state index in [1.807, 2.05) is 24.3 Å². The molecule has 1 aromatic heterocycles. The second-order valence-electron chi connectivity index (χ2n) is 5.30. The molecule has 0 fully saturated rings. The number of furan rings is 1. The minimum atomic E-state index is -0.697. The Morgan fingerprint density at radius 1 is 1.19 bits per heavy atom. The molecule has 3 aromatic rings. The molecule has 5 nitrogen and oxygen atoms in total. The second kappa shape index (κ2) is 7.49. The molecule has 0 atom stereocenters. The Morgan fingerprint density at radius 3 is 2.58 bits per heavy atom. The van der Waals surface area contributed by atoms with Gasteiger partial charge in [0.05, 0.1) is 28.2 Å². The van der Waals surface area contributed by atoms with Gasteiger partial charge in [-0.2, -0.15) is 5.26 Å². The van der Waals surface area contributed by atoms with Crippen molar-refractivity contribution in [3.63, 3.8) is 0 Å². The lowest BCUT2D eigenvalue weighted by atomic mass is 10.1. The fraction of sp³-hybridized carbons (Fsp3) is 0. The van der Waals surface area contributed by atoms with Crippen LogP contribution in [0.15, 0.2) is 59.0 Å². The van der Waals surface area contributed by atoms with Gasteiger partial charge in [-0.25, -0.2) is 4.39 Å². The standard InChI is InChI=1S/C19H10FIN2O3/c20-14-3-7-17(18(10-14)23(24)25)19-8-6-16(26-19)9-13(11-22)12-1-4-15(21)5-2-12/h1-10H/b13-9-. The maximum Gasteiger partial charge on any atom is 0.283 e. The average molecular weight is 460 g/mol. The van der Waals surface area contributed by atoms with Crippen LogP contribution in [0.1, 0.15) is 11.3 Å². The Morgan fingerprint density at radius 2 is 1.92 bits per heavy atom. The summed E-state index contributed by atoms with van der Waals surface area (Å²) in [5.41, 5.74) is 0.923. The molecule has 7 heteroatoms. The number of halogens is 2. The van der Waals surface area contributed by atoms with Crippen LogP contribution in [0.5, 0.6) is 0 Å². The van der Waals surface area contributed by atoms with E-state index in [2.05, 4.69) is 28.7 Å². The summed E-state index contributed by atoms with van der Waals surface area (Å²) in [7, 11) is 0. The Hall–Kier alpha value is -2.99. The summed E-state index contributed by atoms with van der Waals surface area (Å²) in [6.45, 7) is 0. The Balaban J connectivity index is 1.99. The molecule has 1 heterocycles. The highest BCUT2D eigenvalue weighted by atomic mass is 127. The van der Waals surface area contributed by atoms with Crippen LogP contribution in [0, 0.1) is 30.8 Å². The van der Waals surface area contributed by atoms with Crippen molar-refractivity contribution < 1.29 is 13.7 Å². The van der Waals surface area contributed by atoms with Crippen molar-refractivity contribution in [3.05, 3.63) is 85.4 Å². The largest absolute Gasteiger partial charge is 0.456 e. The van der Waals surface area contributed by atoms with E-state index in [-0.39, 0.29) is 17.0 Å². The van der Waals surface area contributed by atoms with Gasteiger partial charge in [-0.15, -0.1) is 0 Å². The molecule has 3 rings (SSSR count). The fourth-order valence-electron chi connectivity index (χ4n) is 2.39. The lowest BCUT2D eigenvalue weighted by molar-refractivity contribution is -0.384. The minimum Gasteiger partial charge on any atom is -0.456 e. The molecule has 0 aliphatic heterocycles. The quantitative estimate of drug-likeness (QED) is 0.218. The zero-order valence-corrected chi connectivity index (χ0v) is 15.3. The van der Waals surface area contributed by atoms with Gasteiger partial charge in [0.25, 0.3) is 5.69 Å². The fourth-order valence-corrected chi connectivity index (χ4v) is 2.75. The Labute approximate surface area is 161 Å². The van der Waals surface area contributed by atoms with Gasteiger partial charge in [0.2, 0.25) is 0 Å². The van der Waals surface area contributed by atoms with Crippen LogP contribution in [0.4, 0.5) is 10.1 Å². The number of rotatable bonds is 4. The average Bonchev–Trinajstić information content (AvgIpc) is 3.09. The number of hydrogen-bond acceptors (Lipinski definition) is 4. The molecule has 2 aromatic carbocycles. The summed E-state index contributed by atoms with van der Waals surface area (Å²) in [6, 6.07) is 16.0. The lowest BCUT2D eigenvalue weighted by Crippen LogP contribution is -1.92. The summed E-state index contributed by atoms with van der Waals surface area (Å²) >= 11 is 2.17. The van der Waals surface area contributed by atoms with Crippen LogP contribution < -0.4 is 0 Å². The second-order valence-corrected chi connectivity index (χ2v) is 6.54. The Bertz CT molecular complexity index is 1050. The first-order valence-corrected chi connectivity index (χ1v) is 8.47. The molecule has 0 unspecified atom stereocenters. The molecule has 0 spiro atoms. The van der Waals surface area contributed by atoms with E-state index in [9.17, 15) is 19.8 Å². The molecule has 0 aliphatic rings. The third-order valence-electron chi connectivity index (χ3n) is 3.61. The molecule has 0 saturated carbocycles. The number of benzene rings is 2. The molecular weight excluding hydrogens is 450 g/mol. The third kappa shape index (κ3) is 3.81. The molecule has 0 saturated heterocycles. The summed E-state index contributed by atoms with van der Waals surface area (Å²) in [6.07, 6.45) is 1.56. The molecule has 128 valence electrons. The normalized spacial score (nSPS) is 11.2. The van der Waals surface area contributed by atoms with Crippen molar-refractivity contribution in [2.24, 2.45) is 0 Å². The highest BCUT2D eigenvalue weighted by Crippen LogP contribution is 2.32. The van der Waals surface area contributed by atoms with E-state index in [0.717, 1.165) is 21.3 Å². The number of hydrogen-bond donors (Lipinski definition) is 0. The number of nitro groups is 1. The topological polar surface area (TPSA) is 80.1 Å². The van der Waals surface area contributed by atoms with Gasteiger partial charge < -0.3 is 4.42 Å². The maximum atomic E-state index is 13.3. The lowest BCUT2D eigenvalue weighted by Gasteiger charge is -2.00. The summed E-state index contributed by atoms with van der Waals surface area (Å²) in [4.78, 5) is 10.5. The smallest absolute Gasteiger partial charge is 0.283 e. The monoisotopic (exact) mass is 460 g/mol. The van der Waals surface area contributed by atoms with Crippen LogP contribution in [-0.4, -0.2) is 4.92 Å². The van der Waals surface area contributed by atoms with Crippen LogP contribution in [0.2, 0.25) is 0 Å². The van der Waals surface area contributed by atoms with Crippen LogP contribution in [-0.2, 0) is 0 Å². The Kier molecular flexibility index (Phi) is 5.14. The number of nitriles is 1. The van der Waals surface area contributed by atoms with Crippen LogP contribution in [0.3, 0.4) is 0 Å². The van der Waals surface area contributed by atoms with Crippen molar-refractivity contribution in [1.82, 2.24) is 0 Å².